The lowest BCUT2D eigenvalue weighted by Gasteiger charge is -2.23. The third-order valence-corrected chi connectivity index (χ3v) is 6.89. The third-order valence-electron chi connectivity index (χ3n) is 5.85. The Balaban J connectivity index is 1.44. The highest BCUT2D eigenvalue weighted by Crippen LogP contribution is 2.31. The molecule has 0 spiro atoms. The molecule has 6 heteroatoms. The Bertz CT molecular complexity index is 1290. The summed E-state index contributed by atoms with van der Waals surface area (Å²) in [4.78, 5) is 32.8. The van der Waals surface area contributed by atoms with E-state index in [1.807, 2.05) is 37.3 Å². The second-order valence-electron chi connectivity index (χ2n) is 8.29. The topological polar surface area (TPSA) is 59.5 Å². The molecule has 2 heterocycles. The van der Waals surface area contributed by atoms with Gasteiger partial charge in [0, 0.05) is 23.3 Å². The van der Waals surface area contributed by atoms with Crippen LogP contribution in [0.3, 0.4) is 0 Å². The number of hydrogen-bond donors (Lipinski definition) is 0. The first-order chi connectivity index (χ1) is 16.1. The summed E-state index contributed by atoms with van der Waals surface area (Å²) in [5.41, 5.74) is 3.75. The first-order valence-corrected chi connectivity index (χ1v) is 11.9. The van der Waals surface area contributed by atoms with Crippen molar-refractivity contribution in [3.05, 3.63) is 95.1 Å². The van der Waals surface area contributed by atoms with Gasteiger partial charge in [0.15, 0.2) is 10.9 Å². The van der Waals surface area contributed by atoms with Crippen LogP contribution in [0.5, 0.6) is 0 Å². The van der Waals surface area contributed by atoms with Crippen LogP contribution in [-0.2, 0) is 4.74 Å². The van der Waals surface area contributed by atoms with Crippen molar-refractivity contribution in [1.82, 2.24) is 4.98 Å². The fraction of sp³-hybridized carbons (Fsp3) is 0.222. The Hall–Kier alpha value is -3.35. The number of hydrogen-bond acceptors (Lipinski definition) is 5. The summed E-state index contributed by atoms with van der Waals surface area (Å²) in [6, 6.07) is 22.1. The summed E-state index contributed by atoms with van der Waals surface area (Å²) in [6.07, 6.45) is 1.93. The smallest absolute Gasteiger partial charge is 0.260 e. The lowest BCUT2D eigenvalue weighted by atomic mass is 10.0. The van der Waals surface area contributed by atoms with E-state index in [0.717, 1.165) is 35.2 Å². The molecule has 0 bridgehead atoms. The number of thiazole rings is 1. The van der Waals surface area contributed by atoms with E-state index in [0.29, 0.717) is 28.4 Å². The lowest BCUT2D eigenvalue weighted by Crippen LogP contribution is -2.37. The molecule has 3 aromatic carbocycles. The van der Waals surface area contributed by atoms with Crippen LogP contribution in [0.1, 0.15) is 44.7 Å². The Morgan fingerprint density at radius 3 is 2.45 bits per heavy atom. The van der Waals surface area contributed by atoms with Crippen molar-refractivity contribution in [1.29, 1.82) is 0 Å². The minimum Gasteiger partial charge on any atom is -0.376 e. The van der Waals surface area contributed by atoms with Crippen molar-refractivity contribution in [3.63, 3.8) is 0 Å². The van der Waals surface area contributed by atoms with Gasteiger partial charge in [0.25, 0.3) is 5.91 Å². The van der Waals surface area contributed by atoms with E-state index >= 15 is 0 Å². The van der Waals surface area contributed by atoms with Gasteiger partial charge in [-0.2, -0.15) is 0 Å². The first kappa shape index (κ1) is 21.5. The van der Waals surface area contributed by atoms with E-state index < -0.39 is 0 Å². The number of ether oxygens (including phenoxy) is 1. The molecule has 33 heavy (non-hydrogen) atoms. The second kappa shape index (κ2) is 9.25. The van der Waals surface area contributed by atoms with Crippen molar-refractivity contribution in [2.45, 2.75) is 25.9 Å². The average molecular weight is 457 g/mol. The number of benzene rings is 3. The Morgan fingerprint density at radius 1 is 1.00 bits per heavy atom. The summed E-state index contributed by atoms with van der Waals surface area (Å²) in [6.45, 7) is 3.23. The number of aromatic nitrogens is 1. The molecule has 0 saturated carbocycles. The number of carbonyl (C=O) groups is 2. The van der Waals surface area contributed by atoms with Gasteiger partial charge in [-0.1, -0.05) is 59.9 Å². The van der Waals surface area contributed by atoms with Crippen LogP contribution in [0, 0.1) is 6.92 Å². The van der Waals surface area contributed by atoms with Gasteiger partial charge in [0.1, 0.15) is 0 Å². The predicted molar refractivity (Wildman–Crippen MR) is 131 cm³/mol. The van der Waals surface area contributed by atoms with E-state index in [2.05, 4.69) is 6.07 Å². The lowest BCUT2D eigenvalue weighted by molar-refractivity contribution is 0.0917. The number of fused-ring (bicyclic) bond motifs is 1. The van der Waals surface area contributed by atoms with Crippen molar-refractivity contribution in [2.24, 2.45) is 0 Å². The van der Waals surface area contributed by atoms with Crippen LogP contribution in [0.4, 0.5) is 5.13 Å². The SMILES string of the molecule is Cc1ccc2nc(N(CC3CCCO3)C(=O)c3ccc(C(=O)c4ccccc4)cc3)sc2c1. The maximum absolute atomic E-state index is 13.6. The fourth-order valence-corrected chi connectivity index (χ4v) is 5.12. The van der Waals surface area contributed by atoms with Crippen LogP contribution in [0.15, 0.2) is 72.8 Å². The number of anilines is 1. The zero-order chi connectivity index (χ0) is 22.8. The molecule has 1 aliphatic rings. The largest absolute Gasteiger partial charge is 0.376 e. The van der Waals surface area contributed by atoms with Crippen molar-refractivity contribution < 1.29 is 14.3 Å². The summed E-state index contributed by atoms with van der Waals surface area (Å²) >= 11 is 1.52. The molecule has 1 atom stereocenters. The number of amides is 1. The molecular weight excluding hydrogens is 432 g/mol. The third kappa shape index (κ3) is 4.58. The maximum atomic E-state index is 13.6. The number of nitrogens with zero attached hydrogens (tertiary/aromatic N) is 2. The minimum atomic E-state index is -0.139. The van der Waals surface area contributed by atoms with Crippen molar-refractivity contribution >= 4 is 38.4 Å². The van der Waals surface area contributed by atoms with Gasteiger partial charge in [-0.3, -0.25) is 14.5 Å². The molecule has 1 aromatic heterocycles. The highest BCUT2D eigenvalue weighted by atomic mass is 32.1. The van der Waals surface area contributed by atoms with Crippen LogP contribution >= 0.6 is 11.3 Å². The van der Waals surface area contributed by atoms with Gasteiger partial charge in [-0.25, -0.2) is 4.98 Å². The molecule has 1 fully saturated rings. The van der Waals surface area contributed by atoms with E-state index in [-0.39, 0.29) is 17.8 Å². The monoisotopic (exact) mass is 456 g/mol. The molecule has 1 amide bonds. The normalized spacial score (nSPS) is 15.6. The quantitative estimate of drug-likeness (QED) is 0.351. The standard InChI is InChI=1S/C27H24N2O3S/c1-18-9-14-23-24(16-18)33-27(28-23)29(17-22-8-5-15-32-22)26(31)21-12-10-20(11-13-21)25(30)19-6-3-2-4-7-19/h2-4,6-7,9-14,16,22H,5,8,15,17H2,1H3. The zero-order valence-electron chi connectivity index (χ0n) is 18.4. The van der Waals surface area contributed by atoms with Crippen molar-refractivity contribution in [3.8, 4) is 0 Å². The Morgan fingerprint density at radius 2 is 1.73 bits per heavy atom. The van der Waals surface area contributed by atoms with Gasteiger partial charge < -0.3 is 4.74 Å². The van der Waals surface area contributed by atoms with Gasteiger partial charge >= 0.3 is 0 Å². The van der Waals surface area contributed by atoms with Gasteiger partial charge in [0.2, 0.25) is 0 Å². The van der Waals surface area contributed by atoms with Gasteiger partial charge in [-0.15, -0.1) is 0 Å². The van der Waals surface area contributed by atoms with E-state index in [4.69, 9.17) is 9.72 Å². The summed E-state index contributed by atoms with van der Waals surface area (Å²) in [7, 11) is 0. The van der Waals surface area contributed by atoms with Crippen LogP contribution in [-0.4, -0.2) is 35.9 Å². The molecular formula is C27H24N2O3S. The summed E-state index contributed by atoms with van der Waals surface area (Å²) < 4.78 is 6.88. The van der Waals surface area contributed by atoms with Gasteiger partial charge in [0.05, 0.1) is 22.9 Å². The molecule has 1 aliphatic heterocycles. The van der Waals surface area contributed by atoms with Crippen LogP contribution < -0.4 is 4.90 Å². The average Bonchev–Trinajstić information content (AvgIpc) is 3.51. The molecule has 1 unspecified atom stereocenters. The highest BCUT2D eigenvalue weighted by Gasteiger charge is 2.27. The number of carbonyl (C=O) groups excluding carboxylic acids is 2. The molecule has 5 nitrogen and oxygen atoms in total. The van der Waals surface area contributed by atoms with Crippen LogP contribution in [0.25, 0.3) is 10.2 Å². The van der Waals surface area contributed by atoms with E-state index in [1.165, 1.54) is 11.3 Å². The first-order valence-electron chi connectivity index (χ1n) is 11.1. The van der Waals surface area contributed by atoms with E-state index in [1.54, 1.807) is 41.3 Å². The summed E-state index contributed by atoms with van der Waals surface area (Å²) in [5.74, 6) is -0.202. The predicted octanol–water partition coefficient (Wildman–Crippen LogP) is 5.66. The molecule has 0 N–H and O–H groups in total. The van der Waals surface area contributed by atoms with E-state index in [9.17, 15) is 9.59 Å². The number of ketones is 1. The molecule has 0 radical (unpaired) electrons. The van der Waals surface area contributed by atoms with Crippen molar-refractivity contribution in [2.75, 3.05) is 18.1 Å². The number of aryl methyl sites for hydroxylation is 1. The van der Waals surface area contributed by atoms with Crippen LogP contribution in [0.2, 0.25) is 0 Å². The molecule has 5 rings (SSSR count). The Labute approximate surface area is 196 Å². The molecule has 166 valence electrons. The number of rotatable bonds is 6. The Kier molecular flexibility index (Phi) is 6.03. The molecule has 1 saturated heterocycles. The maximum Gasteiger partial charge on any atom is 0.260 e. The minimum absolute atomic E-state index is 0.00151. The molecule has 0 aliphatic carbocycles. The fourth-order valence-electron chi connectivity index (χ4n) is 4.05. The second-order valence-corrected chi connectivity index (χ2v) is 9.30. The van der Waals surface area contributed by atoms with Gasteiger partial charge in [-0.05, 0) is 49.6 Å². The summed E-state index contributed by atoms with van der Waals surface area (Å²) in [5, 5.41) is 0.667. The molecule has 4 aromatic rings. The highest BCUT2D eigenvalue weighted by molar-refractivity contribution is 7.22. The zero-order valence-corrected chi connectivity index (χ0v) is 19.2.